The van der Waals surface area contributed by atoms with Crippen LogP contribution in [-0.2, 0) is 9.53 Å². The molecule has 1 aromatic carbocycles. The number of esters is 1. The van der Waals surface area contributed by atoms with E-state index in [0.717, 1.165) is 5.56 Å². The van der Waals surface area contributed by atoms with Crippen LogP contribution in [0.1, 0.15) is 18.4 Å². The van der Waals surface area contributed by atoms with Crippen molar-refractivity contribution in [3.05, 3.63) is 48.2 Å². The average molecular weight is 330 g/mol. The average Bonchev–Trinajstić information content (AvgIpc) is 2.95. The highest BCUT2D eigenvalue weighted by Crippen LogP contribution is 2.41. The smallest absolute Gasteiger partial charge is 0.346 e. The summed E-state index contributed by atoms with van der Waals surface area (Å²) in [7, 11) is 0. The number of rotatable bonds is 4. The second-order valence-electron chi connectivity index (χ2n) is 5.71. The van der Waals surface area contributed by atoms with E-state index in [9.17, 15) is 4.79 Å². The molecular formula is C17H19FN4O2. The number of hydrogen-bond donors (Lipinski definition) is 1. The first kappa shape index (κ1) is 16.2. The number of carbonyl (C=O) groups excluding carboxylic acids is 1. The summed E-state index contributed by atoms with van der Waals surface area (Å²) in [6.45, 7) is 1.88. The second kappa shape index (κ2) is 6.43. The number of carbonyl (C=O) groups is 1. The van der Waals surface area contributed by atoms with Crippen LogP contribution in [-0.4, -0.2) is 41.3 Å². The van der Waals surface area contributed by atoms with E-state index < -0.39 is 17.6 Å². The molecule has 7 heteroatoms. The quantitative estimate of drug-likeness (QED) is 0.863. The Hall–Kier alpha value is -2.70. The molecule has 0 saturated carbocycles. The van der Waals surface area contributed by atoms with Crippen molar-refractivity contribution in [1.82, 2.24) is 9.97 Å². The molecule has 2 N–H and O–H groups in total. The zero-order valence-corrected chi connectivity index (χ0v) is 13.4. The number of halogens is 1. The van der Waals surface area contributed by atoms with Gasteiger partial charge in [-0.15, -0.1) is 0 Å². The predicted molar refractivity (Wildman–Crippen MR) is 88.3 cm³/mol. The van der Waals surface area contributed by atoms with Gasteiger partial charge in [0.15, 0.2) is 0 Å². The molecule has 1 aliphatic rings. The number of anilines is 2. The van der Waals surface area contributed by atoms with Gasteiger partial charge in [-0.05, 0) is 18.6 Å². The number of nitrogens with two attached hydrogens (primary N) is 1. The fourth-order valence-corrected chi connectivity index (χ4v) is 3.00. The fraction of sp³-hybridized carbons (Fsp3) is 0.353. The topological polar surface area (TPSA) is 81.3 Å². The van der Waals surface area contributed by atoms with Crippen LogP contribution >= 0.6 is 0 Å². The first-order valence-corrected chi connectivity index (χ1v) is 7.79. The lowest BCUT2D eigenvalue weighted by molar-refractivity contribution is -0.156. The van der Waals surface area contributed by atoms with Crippen LogP contribution in [0.4, 0.5) is 16.2 Å². The molecular weight excluding hydrogens is 311 g/mol. The minimum Gasteiger partial charge on any atom is -0.464 e. The molecule has 2 heterocycles. The molecule has 0 aliphatic carbocycles. The van der Waals surface area contributed by atoms with Crippen LogP contribution in [0.15, 0.2) is 42.6 Å². The number of ether oxygens (including phenoxy) is 1. The lowest BCUT2D eigenvalue weighted by Gasteiger charge is -2.24. The van der Waals surface area contributed by atoms with Gasteiger partial charge in [0.05, 0.1) is 13.2 Å². The van der Waals surface area contributed by atoms with Crippen molar-refractivity contribution in [2.24, 2.45) is 0 Å². The lowest BCUT2D eigenvalue weighted by Crippen LogP contribution is -2.42. The van der Waals surface area contributed by atoms with E-state index in [4.69, 9.17) is 10.5 Å². The van der Waals surface area contributed by atoms with Crippen LogP contribution in [0.25, 0.3) is 0 Å². The Kier molecular flexibility index (Phi) is 4.33. The molecule has 1 aromatic heterocycles. The van der Waals surface area contributed by atoms with E-state index >= 15 is 4.39 Å². The second-order valence-corrected chi connectivity index (χ2v) is 5.71. The number of nitrogen functional groups attached to an aromatic ring is 1. The third-order valence-electron chi connectivity index (χ3n) is 4.14. The highest BCUT2D eigenvalue weighted by Gasteiger charge is 2.55. The highest BCUT2D eigenvalue weighted by molar-refractivity contribution is 5.83. The van der Waals surface area contributed by atoms with Crippen LogP contribution < -0.4 is 10.6 Å². The maximum Gasteiger partial charge on any atom is 0.346 e. The first-order chi connectivity index (χ1) is 11.5. The molecule has 3 rings (SSSR count). The summed E-state index contributed by atoms with van der Waals surface area (Å²) in [4.78, 5) is 22.2. The molecule has 1 fully saturated rings. The van der Waals surface area contributed by atoms with Gasteiger partial charge in [0.2, 0.25) is 11.6 Å². The van der Waals surface area contributed by atoms with E-state index in [1.807, 2.05) is 30.3 Å². The van der Waals surface area contributed by atoms with Gasteiger partial charge >= 0.3 is 5.97 Å². The molecule has 24 heavy (non-hydrogen) atoms. The van der Waals surface area contributed by atoms with E-state index in [1.54, 1.807) is 17.9 Å². The van der Waals surface area contributed by atoms with Crippen LogP contribution in [0.3, 0.4) is 0 Å². The van der Waals surface area contributed by atoms with Gasteiger partial charge in [-0.25, -0.2) is 14.2 Å². The predicted octanol–water partition coefficient (Wildman–Crippen LogP) is 1.93. The standard InChI is InChI=1S/C17H19FN4O2/c1-2-24-15(23)17(18)11-22(16-20-9-8-14(19)21-16)10-13(17)12-6-4-3-5-7-12/h3-9,13H,2,10-11H2,1H3,(H2,19,20,21)/t13-,17+/m0/s1. The highest BCUT2D eigenvalue weighted by atomic mass is 19.1. The Morgan fingerprint density at radius 2 is 2.17 bits per heavy atom. The Balaban J connectivity index is 1.97. The molecule has 0 amide bonds. The van der Waals surface area contributed by atoms with Gasteiger partial charge in [0.1, 0.15) is 5.82 Å². The molecule has 0 radical (unpaired) electrons. The van der Waals surface area contributed by atoms with Gasteiger partial charge in [-0.2, -0.15) is 4.98 Å². The van der Waals surface area contributed by atoms with Gasteiger partial charge in [-0.1, -0.05) is 30.3 Å². The summed E-state index contributed by atoms with van der Waals surface area (Å²) >= 11 is 0. The molecule has 1 aliphatic heterocycles. The van der Waals surface area contributed by atoms with E-state index in [-0.39, 0.29) is 19.7 Å². The van der Waals surface area contributed by atoms with Gasteiger partial charge in [-0.3, -0.25) is 0 Å². The zero-order valence-electron chi connectivity index (χ0n) is 13.4. The summed E-state index contributed by atoms with van der Waals surface area (Å²) < 4.78 is 20.7. The summed E-state index contributed by atoms with van der Waals surface area (Å²) in [5, 5.41) is 0. The number of benzene rings is 1. The minimum absolute atomic E-state index is 0.126. The Morgan fingerprint density at radius 1 is 1.42 bits per heavy atom. The monoisotopic (exact) mass is 330 g/mol. The number of nitrogens with zero attached hydrogens (tertiary/aromatic N) is 3. The zero-order chi connectivity index (χ0) is 17.2. The number of alkyl halides is 1. The largest absolute Gasteiger partial charge is 0.464 e. The summed E-state index contributed by atoms with van der Waals surface area (Å²) in [6.07, 6.45) is 1.51. The Bertz CT molecular complexity index is 728. The van der Waals surface area contributed by atoms with Crippen molar-refractivity contribution < 1.29 is 13.9 Å². The fourth-order valence-electron chi connectivity index (χ4n) is 3.00. The lowest BCUT2D eigenvalue weighted by atomic mass is 9.86. The van der Waals surface area contributed by atoms with E-state index in [1.165, 1.54) is 6.20 Å². The van der Waals surface area contributed by atoms with Crippen LogP contribution in [0.2, 0.25) is 0 Å². The third-order valence-corrected chi connectivity index (χ3v) is 4.14. The maximum absolute atomic E-state index is 15.7. The molecule has 1 saturated heterocycles. The summed E-state index contributed by atoms with van der Waals surface area (Å²) in [6, 6.07) is 10.7. The van der Waals surface area contributed by atoms with E-state index in [0.29, 0.717) is 11.8 Å². The molecule has 2 aromatic rings. The molecule has 2 atom stereocenters. The van der Waals surface area contributed by atoms with Crippen molar-refractivity contribution in [2.45, 2.75) is 18.5 Å². The number of hydrogen-bond acceptors (Lipinski definition) is 6. The van der Waals surface area contributed by atoms with Crippen molar-refractivity contribution in [3.8, 4) is 0 Å². The summed E-state index contributed by atoms with van der Waals surface area (Å²) in [5.74, 6) is -0.920. The third kappa shape index (κ3) is 2.89. The van der Waals surface area contributed by atoms with Gasteiger partial charge in [0, 0.05) is 18.7 Å². The SMILES string of the molecule is CCOC(=O)[C@@]1(F)CN(c2nccc(N)n2)C[C@H]1c1ccccc1. The molecule has 126 valence electrons. The molecule has 6 nitrogen and oxygen atoms in total. The van der Waals surface area contributed by atoms with Crippen LogP contribution in [0.5, 0.6) is 0 Å². The molecule has 0 bridgehead atoms. The Morgan fingerprint density at radius 3 is 2.83 bits per heavy atom. The Labute approximate surface area is 139 Å². The normalized spacial score (nSPS) is 23.2. The maximum atomic E-state index is 15.7. The summed E-state index contributed by atoms with van der Waals surface area (Å²) in [5.41, 5.74) is 4.26. The van der Waals surface area contributed by atoms with E-state index in [2.05, 4.69) is 9.97 Å². The van der Waals surface area contributed by atoms with Crippen molar-refractivity contribution in [2.75, 3.05) is 30.3 Å². The van der Waals surface area contributed by atoms with Gasteiger partial charge in [0.25, 0.3) is 0 Å². The minimum atomic E-state index is -2.16. The van der Waals surface area contributed by atoms with Crippen molar-refractivity contribution in [1.29, 1.82) is 0 Å². The van der Waals surface area contributed by atoms with Crippen molar-refractivity contribution in [3.63, 3.8) is 0 Å². The van der Waals surface area contributed by atoms with Crippen molar-refractivity contribution >= 4 is 17.7 Å². The number of aromatic nitrogens is 2. The first-order valence-electron chi connectivity index (χ1n) is 7.79. The molecule has 0 spiro atoms. The van der Waals surface area contributed by atoms with Gasteiger partial charge < -0.3 is 15.4 Å². The van der Waals surface area contributed by atoms with Crippen LogP contribution in [0, 0.1) is 0 Å². The molecule has 0 unspecified atom stereocenters.